The zero-order chi connectivity index (χ0) is 22.7. The summed E-state index contributed by atoms with van der Waals surface area (Å²) in [4.78, 5) is 22.2. The fourth-order valence-electron chi connectivity index (χ4n) is 4.66. The molecule has 6 rings (SSSR count). The normalized spacial score (nSPS) is 24.5. The molecule has 170 valence electrons. The molecule has 2 aliphatic carbocycles. The van der Waals surface area contributed by atoms with E-state index in [0.717, 1.165) is 16.6 Å². The molecule has 2 atom stereocenters. The Hall–Kier alpha value is -3.53. The van der Waals surface area contributed by atoms with E-state index in [4.69, 9.17) is 4.98 Å². The van der Waals surface area contributed by atoms with Crippen molar-refractivity contribution in [2.45, 2.75) is 50.0 Å². The molecule has 4 aromatic heterocycles. The maximum atomic E-state index is 13.7. The highest BCUT2D eigenvalue weighted by molar-refractivity contribution is 6.01. The van der Waals surface area contributed by atoms with Crippen molar-refractivity contribution in [2.75, 3.05) is 12.4 Å². The van der Waals surface area contributed by atoms with Crippen molar-refractivity contribution < 1.29 is 14.3 Å². The smallest absolute Gasteiger partial charge is 0.257 e. The van der Waals surface area contributed by atoms with E-state index >= 15 is 0 Å². The van der Waals surface area contributed by atoms with Gasteiger partial charge < -0.3 is 20.3 Å². The van der Waals surface area contributed by atoms with Gasteiger partial charge in [0.2, 0.25) is 0 Å². The number of halogens is 1. The Kier molecular flexibility index (Phi) is 4.58. The molecule has 9 nitrogen and oxygen atoms in total. The van der Waals surface area contributed by atoms with Crippen LogP contribution in [0, 0.1) is 0 Å². The van der Waals surface area contributed by atoms with Gasteiger partial charge in [0.15, 0.2) is 5.65 Å². The lowest BCUT2D eigenvalue weighted by atomic mass is 9.89. The van der Waals surface area contributed by atoms with E-state index in [2.05, 4.69) is 25.3 Å². The lowest BCUT2D eigenvalue weighted by Gasteiger charge is -2.32. The molecule has 0 radical (unpaired) electrons. The summed E-state index contributed by atoms with van der Waals surface area (Å²) < 4.78 is 17.4. The van der Waals surface area contributed by atoms with Crippen molar-refractivity contribution in [1.29, 1.82) is 0 Å². The number of alkyl halides is 1. The quantitative estimate of drug-likeness (QED) is 0.432. The molecule has 0 spiro atoms. The lowest BCUT2D eigenvalue weighted by molar-refractivity contribution is 0.0501. The number of aliphatic hydroxyl groups is 1. The molecule has 0 saturated heterocycles. The van der Waals surface area contributed by atoms with Crippen molar-refractivity contribution in [3.8, 4) is 11.3 Å². The number of aliphatic hydroxyl groups excluding tert-OH is 1. The first kappa shape index (κ1) is 20.1. The SMILES string of the molecule is CNc1cc(-c2cn(C3CC(O)C3)c3ncccc23)nc2c(C(=O)N[C@H]3CC[C@@H]3F)cnn12. The minimum atomic E-state index is -1.00. The third kappa shape index (κ3) is 3.16. The van der Waals surface area contributed by atoms with Gasteiger partial charge in [0.05, 0.1) is 24.0 Å². The number of amides is 1. The molecular weight excluding hydrogens is 425 g/mol. The van der Waals surface area contributed by atoms with Gasteiger partial charge in [0.25, 0.3) is 5.91 Å². The van der Waals surface area contributed by atoms with Crippen LogP contribution in [0.5, 0.6) is 0 Å². The van der Waals surface area contributed by atoms with Gasteiger partial charge in [-0.05, 0) is 37.8 Å². The summed E-state index contributed by atoms with van der Waals surface area (Å²) in [5, 5.41) is 21.0. The Morgan fingerprint density at radius 3 is 2.82 bits per heavy atom. The van der Waals surface area contributed by atoms with Gasteiger partial charge in [0.1, 0.15) is 23.2 Å². The summed E-state index contributed by atoms with van der Waals surface area (Å²) in [5.41, 5.74) is 3.09. The average molecular weight is 449 g/mol. The Labute approximate surface area is 188 Å². The van der Waals surface area contributed by atoms with E-state index in [0.29, 0.717) is 48.4 Å². The van der Waals surface area contributed by atoms with Gasteiger partial charge in [0, 0.05) is 42.5 Å². The molecule has 3 N–H and O–H groups in total. The number of carbonyl (C=O) groups excluding carboxylic acids is 1. The van der Waals surface area contributed by atoms with Crippen LogP contribution < -0.4 is 10.6 Å². The van der Waals surface area contributed by atoms with Crippen LogP contribution in [0.25, 0.3) is 27.9 Å². The third-order valence-corrected chi connectivity index (χ3v) is 6.83. The molecule has 4 aromatic rings. The molecule has 2 saturated carbocycles. The molecule has 33 heavy (non-hydrogen) atoms. The maximum Gasteiger partial charge on any atom is 0.257 e. The standard InChI is InChI=1S/C23H24FN7O2/c1-25-20-9-19(16-11-30(12-7-13(32)8-12)21-14(16)3-2-6-26-21)28-22-15(10-27-31(20)22)23(33)29-18-5-4-17(18)24/h2-3,6,9-13,17-18,25,32H,4-5,7-8H2,1H3,(H,29,33)/t12?,13?,17-,18-/m0/s1. The van der Waals surface area contributed by atoms with Crippen LogP contribution >= 0.6 is 0 Å². The Morgan fingerprint density at radius 1 is 1.27 bits per heavy atom. The number of hydrogen-bond donors (Lipinski definition) is 3. The van der Waals surface area contributed by atoms with Crippen molar-refractivity contribution in [2.24, 2.45) is 0 Å². The molecule has 10 heteroatoms. The first-order valence-electron chi connectivity index (χ1n) is 11.2. The largest absolute Gasteiger partial charge is 0.393 e. The number of pyridine rings is 1. The summed E-state index contributed by atoms with van der Waals surface area (Å²) >= 11 is 0. The maximum absolute atomic E-state index is 13.7. The number of hydrogen-bond acceptors (Lipinski definition) is 6. The molecule has 0 bridgehead atoms. The van der Waals surface area contributed by atoms with Crippen LogP contribution in [0.15, 0.2) is 36.8 Å². The van der Waals surface area contributed by atoms with Crippen LogP contribution in [0.3, 0.4) is 0 Å². The fourth-order valence-corrected chi connectivity index (χ4v) is 4.66. The number of fused-ring (bicyclic) bond motifs is 2. The van der Waals surface area contributed by atoms with Crippen molar-refractivity contribution in [3.05, 3.63) is 42.4 Å². The average Bonchev–Trinajstić information content (AvgIpc) is 3.40. The molecule has 4 heterocycles. The van der Waals surface area contributed by atoms with Gasteiger partial charge in [-0.1, -0.05) is 0 Å². The zero-order valence-electron chi connectivity index (χ0n) is 18.1. The summed E-state index contributed by atoms with van der Waals surface area (Å²) in [6.07, 6.45) is 6.45. The van der Waals surface area contributed by atoms with E-state index in [1.54, 1.807) is 17.8 Å². The number of rotatable bonds is 5. The van der Waals surface area contributed by atoms with E-state index in [9.17, 15) is 14.3 Å². The highest BCUT2D eigenvalue weighted by atomic mass is 19.1. The first-order valence-corrected chi connectivity index (χ1v) is 11.2. The zero-order valence-corrected chi connectivity index (χ0v) is 18.1. The Morgan fingerprint density at radius 2 is 2.12 bits per heavy atom. The van der Waals surface area contributed by atoms with Crippen LogP contribution in [-0.2, 0) is 0 Å². The fraction of sp³-hybridized carbons (Fsp3) is 0.391. The molecule has 2 aliphatic rings. The van der Waals surface area contributed by atoms with Crippen LogP contribution in [0.2, 0.25) is 0 Å². The summed E-state index contributed by atoms with van der Waals surface area (Å²) in [6, 6.07) is 5.49. The number of nitrogens with zero attached hydrogens (tertiary/aromatic N) is 5. The van der Waals surface area contributed by atoms with Gasteiger partial charge in [-0.25, -0.2) is 14.4 Å². The van der Waals surface area contributed by atoms with Gasteiger partial charge in [-0.2, -0.15) is 9.61 Å². The van der Waals surface area contributed by atoms with Crippen molar-refractivity contribution in [1.82, 2.24) is 29.5 Å². The number of carbonyl (C=O) groups is 1. The van der Waals surface area contributed by atoms with E-state index < -0.39 is 12.2 Å². The molecular formula is C23H24FN7O2. The topological polar surface area (TPSA) is 109 Å². The number of nitrogens with one attached hydrogen (secondary N) is 2. The summed E-state index contributed by atoms with van der Waals surface area (Å²) in [5.74, 6) is 0.293. The van der Waals surface area contributed by atoms with E-state index in [1.165, 1.54) is 6.20 Å². The Bertz CT molecular complexity index is 1370. The monoisotopic (exact) mass is 449 g/mol. The van der Waals surface area contributed by atoms with Crippen LogP contribution in [0.1, 0.15) is 42.1 Å². The van der Waals surface area contributed by atoms with E-state index in [1.807, 2.05) is 24.4 Å². The second-order valence-electron chi connectivity index (χ2n) is 8.85. The first-order chi connectivity index (χ1) is 16.0. The lowest BCUT2D eigenvalue weighted by Crippen LogP contribution is -2.48. The highest BCUT2D eigenvalue weighted by Gasteiger charge is 2.33. The molecule has 0 aromatic carbocycles. The number of aromatic nitrogens is 5. The van der Waals surface area contributed by atoms with Crippen LogP contribution in [-0.4, -0.2) is 60.5 Å². The Balaban J connectivity index is 1.46. The molecule has 1 amide bonds. The molecule has 0 unspecified atom stereocenters. The minimum absolute atomic E-state index is 0.186. The van der Waals surface area contributed by atoms with Crippen LogP contribution in [0.4, 0.5) is 10.2 Å². The molecule has 2 fully saturated rings. The van der Waals surface area contributed by atoms with Gasteiger partial charge in [-0.15, -0.1) is 0 Å². The molecule has 0 aliphatic heterocycles. The van der Waals surface area contributed by atoms with Crippen molar-refractivity contribution in [3.63, 3.8) is 0 Å². The van der Waals surface area contributed by atoms with Gasteiger partial charge in [-0.3, -0.25) is 4.79 Å². The predicted octanol–water partition coefficient (Wildman–Crippen LogP) is 2.71. The predicted molar refractivity (Wildman–Crippen MR) is 121 cm³/mol. The number of anilines is 1. The second-order valence-corrected chi connectivity index (χ2v) is 8.85. The van der Waals surface area contributed by atoms with E-state index in [-0.39, 0.29) is 18.1 Å². The van der Waals surface area contributed by atoms with Gasteiger partial charge >= 0.3 is 0 Å². The summed E-state index contributed by atoms with van der Waals surface area (Å²) in [7, 11) is 1.78. The van der Waals surface area contributed by atoms with Crippen molar-refractivity contribution >= 4 is 28.4 Å². The highest BCUT2D eigenvalue weighted by Crippen LogP contribution is 2.38. The summed E-state index contributed by atoms with van der Waals surface area (Å²) in [6.45, 7) is 0. The second kappa shape index (κ2) is 7.51. The minimum Gasteiger partial charge on any atom is -0.393 e. The third-order valence-electron chi connectivity index (χ3n) is 6.83.